The molecule has 132 valence electrons. The zero-order valence-electron chi connectivity index (χ0n) is 14.4. The van der Waals surface area contributed by atoms with Crippen LogP contribution in [0.15, 0.2) is 39.9 Å². The van der Waals surface area contributed by atoms with E-state index in [-0.39, 0.29) is 17.2 Å². The Hall–Kier alpha value is -2.28. The molecule has 2 aromatic rings. The van der Waals surface area contributed by atoms with Gasteiger partial charge in [-0.15, -0.1) is 0 Å². The number of carbonyl (C=O) groups excluding carboxylic acids is 1. The Labute approximate surface area is 150 Å². The second kappa shape index (κ2) is 7.31. The molecule has 0 fully saturated rings. The summed E-state index contributed by atoms with van der Waals surface area (Å²) in [6, 6.07) is 9.48. The molecule has 0 unspecified atom stereocenters. The molecule has 6 nitrogen and oxygen atoms in total. The van der Waals surface area contributed by atoms with Crippen LogP contribution in [0.1, 0.15) is 17.7 Å². The Kier molecular flexibility index (Phi) is 5.13. The summed E-state index contributed by atoms with van der Waals surface area (Å²) in [5, 5.41) is 0. The van der Waals surface area contributed by atoms with E-state index in [0.29, 0.717) is 23.6 Å². The molecule has 0 saturated heterocycles. The van der Waals surface area contributed by atoms with Gasteiger partial charge >= 0.3 is 5.69 Å². The van der Waals surface area contributed by atoms with Crippen molar-refractivity contribution in [2.75, 3.05) is 17.2 Å². The van der Waals surface area contributed by atoms with Gasteiger partial charge in [0.05, 0.1) is 0 Å². The van der Waals surface area contributed by atoms with Crippen molar-refractivity contribution in [2.24, 2.45) is 14.1 Å². The lowest BCUT2D eigenvalue weighted by Gasteiger charge is -2.17. The van der Waals surface area contributed by atoms with Gasteiger partial charge in [0.25, 0.3) is 5.56 Å². The fourth-order valence-corrected chi connectivity index (χ4v) is 3.93. The molecule has 0 N–H and O–H groups in total. The van der Waals surface area contributed by atoms with Gasteiger partial charge in [0.1, 0.15) is 0 Å². The first-order chi connectivity index (χ1) is 12.0. The van der Waals surface area contributed by atoms with E-state index in [1.165, 1.54) is 23.2 Å². The van der Waals surface area contributed by atoms with Crippen molar-refractivity contribution < 1.29 is 4.79 Å². The molecule has 0 radical (unpaired) electrons. The molecule has 1 aliphatic heterocycles. The van der Waals surface area contributed by atoms with Gasteiger partial charge in [0.15, 0.2) is 0 Å². The Morgan fingerprint density at radius 2 is 1.92 bits per heavy atom. The number of rotatable bonds is 5. The lowest BCUT2D eigenvalue weighted by atomic mass is 10.2. The molecule has 0 bridgehead atoms. The molecule has 1 aliphatic rings. The number of thioether (sulfide) groups is 1. The first kappa shape index (κ1) is 17.5. The summed E-state index contributed by atoms with van der Waals surface area (Å²) in [4.78, 5) is 37.9. The number of hydrogen-bond donors (Lipinski definition) is 0. The van der Waals surface area contributed by atoms with E-state index in [0.717, 1.165) is 23.2 Å². The average Bonchev–Trinajstić information content (AvgIpc) is 3.05. The Morgan fingerprint density at radius 1 is 1.16 bits per heavy atom. The summed E-state index contributed by atoms with van der Waals surface area (Å²) < 4.78 is 2.56. The smallest absolute Gasteiger partial charge is 0.312 e. The van der Waals surface area contributed by atoms with Crippen LogP contribution in [0.5, 0.6) is 0 Å². The standard InChI is InChI=1S/C18H21N3O3S/c1-19-14(11-17(23)20(2)18(19)24)12-25-10-8-16(22)21-9-7-13-5-3-4-6-15(13)21/h3-6,11H,7-10,12H2,1-2H3. The number of anilines is 1. The highest BCUT2D eigenvalue weighted by atomic mass is 32.2. The topological polar surface area (TPSA) is 64.3 Å². The van der Waals surface area contributed by atoms with E-state index in [2.05, 4.69) is 6.07 Å². The summed E-state index contributed by atoms with van der Waals surface area (Å²) in [6.45, 7) is 0.742. The Balaban J connectivity index is 1.55. The minimum atomic E-state index is -0.326. The van der Waals surface area contributed by atoms with E-state index in [1.807, 2.05) is 23.1 Å². The van der Waals surface area contributed by atoms with Crippen molar-refractivity contribution in [3.05, 3.63) is 62.4 Å². The summed E-state index contributed by atoms with van der Waals surface area (Å²) in [6.07, 6.45) is 1.35. The van der Waals surface area contributed by atoms with E-state index in [4.69, 9.17) is 0 Å². The van der Waals surface area contributed by atoms with E-state index >= 15 is 0 Å². The second-order valence-corrected chi connectivity index (χ2v) is 7.21. The van der Waals surface area contributed by atoms with Crippen molar-refractivity contribution in [1.82, 2.24) is 9.13 Å². The van der Waals surface area contributed by atoms with Gasteiger partial charge in [-0.2, -0.15) is 11.8 Å². The second-order valence-electron chi connectivity index (χ2n) is 6.10. The predicted octanol–water partition coefficient (Wildman–Crippen LogP) is 1.30. The lowest BCUT2D eigenvalue weighted by molar-refractivity contribution is -0.118. The monoisotopic (exact) mass is 359 g/mol. The maximum atomic E-state index is 12.4. The maximum Gasteiger partial charge on any atom is 0.330 e. The zero-order valence-corrected chi connectivity index (χ0v) is 15.2. The third kappa shape index (κ3) is 3.56. The molecule has 2 heterocycles. The molecular weight excluding hydrogens is 338 g/mol. The number of fused-ring (bicyclic) bond motifs is 1. The fraction of sp³-hybridized carbons (Fsp3) is 0.389. The largest absolute Gasteiger partial charge is 0.330 e. The molecule has 3 rings (SSSR count). The van der Waals surface area contributed by atoms with Gasteiger partial charge in [0.2, 0.25) is 5.91 Å². The zero-order chi connectivity index (χ0) is 18.0. The van der Waals surface area contributed by atoms with E-state index < -0.39 is 0 Å². The molecule has 1 aromatic carbocycles. The number of carbonyl (C=O) groups is 1. The lowest BCUT2D eigenvalue weighted by Crippen LogP contribution is -2.37. The molecular formula is C18H21N3O3S. The van der Waals surface area contributed by atoms with Gasteiger partial charge in [-0.05, 0) is 18.1 Å². The van der Waals surface area contributed by atoms with Gasteiger partial charge in [-0.3, -0.25) is 18.7 Å². The van der Waals surface area contributed by atoms with Crippen LogP contribution in [-0.2, 0) is 31.1 Å². The molecule has 7 heteroatoms. The van der Waals surface area contributed by atoms with Gasteiger partial charge in [-0.25, -0.2) is 4.79 Å². The van der Waals surface area contributed by atoms with Crippen LogP contribution in [0.2, 0.25) is 0 Å². The number of aromatic nitrogens is 2. The normalized spacial score (nSPS) is 13.1. The Morgan fingerprint density at radius 3 is 2.72 bits per heavy atom. The third-order valence-corrected chi connectivity index (χ3v) is 5.52. The molecule has 0 spiro atoms. The van der Waals surface area contributed by atoms with Crippen molar-refractivity contribution in [1.29, 1.82) is 0 Å². The van der Waals surface area contributed by atoms with Crippen molar-refractivity contribution in [3.8, 4) is 0 Å². The molecule has 0 atom stereocenters. The first-order valence-corrected chi connectivity index (χ1v) is 9.36. The number of para-hydroxylation sites is 1. The van der Waals surface area contributed by atoms with Crippen molar-refractivity contribution >= 4 is 23.4 Å². The SMILES string of the molecule is Cn1c(CSCCC(=O)N2CCc3ccccc32)cc(=O)n(C)c1=O. The average molecular weight is 359 g/mol. The third-order valence-electron chi connectivity index (χ3n) is 4.52. The summed E-state index contributed by atoms with van der Waals surface area (Å²) in [5.41, 5.74) is 2.29. The quantitative estimate of drug-likeness (QED) is 0.755. The summed E-state index contributed by atoms with van der Waals surface area (Å²) in [5.74, 6) is 1.31. The minimum absolute atomic E-state index is 0.121. The molecule has 25 heavy (non-hydrogen) atoms. The minimum Gasteiger partial charge on any atom is -0.312 e. The molecule has 0 aliphatic carbocycles. The number of amides is 1. The van der Waals surface area contributed by atoms with Crippen LogP contribution in [0.4, 0.5) is 5.69 Å². The fourth-order valence-electron chi connectivity index (χ4n) is 2.99. The van der Waals surface area contributed by atoms with Crippen LogP contribution in [-0.4, -0.2) is 27.3 Å². The molecule has 1 aromatic heterocycles. The van der Waals surface area contributed by atoms with Crippen LogP contribution < -0.4 is 16.1 Å². The van der Waals surface area contributed by atoms with Crippen molar-refractivity contribution in [3.63, 3.8) is 0 Å². The number of benzene rings is 1. The van der Waals surface area contributed by atoms with Gasteiger partial charge in [-0.1, -0.05) is 18.2 Å². The molecule has 0 saturated carbocycles. The highest BCUT2D eigenvalue weighted by Crippen LogP contribution is 2.28. The van der Waals surface area contributed by atoms with Crippen LogP contribution in [0, 0.1) is 0 Å². The number of nitrogens with zero attached hydrogens (tertiary/aromatic N) is 3. The van der Waals surface area contributed by atoms with Gasteiger partial charge < -0.3 is 4.90 Å². The van der Waals surface area contributed by atoms with Crippen molar-refractivity contribution in [2.45, 2.75) is 18.6 Å². The summed E-state index contributed by atoms with van der Waals surface area (Å²) >= 11 is 1.56. The van der Waals surface area contributed by atoms with Crippen LogP contribution in [0.25, 0.3) is 0 Å². The highest BCUT2D eigenvalue weighted by Gasteiger charge is 2.23. The van der Waals surface area contributed by atoms with Crippen LogP contribution in [0.3, 0.4) is 0 Å². The predicted molar refractivity (Wildman–Crippen MR) is 100 cm³/mol. The highest BCUT2D eigenvalue weighted by molar-refractivity contribution is 7.98. The Bertz CT molecular complexity index is 917. The maximum absolute atomic E-state index is 12.4. The summed E-state index contributed by atoms with van der Waals surface area (Å²) in [7, 11) is 3.12. The van der Waals surface area contributed by atoms with E-state index in [9.17, 15) is 14.4 Å². The van der Waals surface area contributed by atoms with Gasteiger partial charge in [0, 0.05) is 56.0 Å². The first-order valence-electron chi connectivity index (χ1n) is 8.21. The van der Waals surface area contributed by atoms with Crippen LogP contribution >= 0.6 is 11.8 Å². The number of hydrogen-bond acceptors (Lipinski definition) is 4. The van der Waals surface area contributed by atoms with E-state index in [1.54, 1.807) is 18.8 Å². The molecule has 1 amide bonds.